The molecule has 2 heterocycles. The largest absolute Gasteiger partial charge is 0.480 e. The van der Waals surface area contributed by atoms with Crippen molar-refractivity contribution in [2.45, 2.75) is 29.3 Å². The van der Waals surface area contributed by atoms with Crippen LogP contribution in [0.4, 0.5) is 0 Å². The number of nitrogens with two attached hydrogens (primary N) is 1. The molecule has 3 N–H and O–H groups in total. The van der Waals surface area contributed by atoms with Crippen molar-refractivity contribution in [3.63, 3.8) is 0 Å². The Hall–Kier alpha value is -0.460. The number of amides is 1. The average molecular weight is 251 g/mol. The van der Waals surface area contributed by atoms with Gasteiger partial charge in [-0.25, -0.2) is 4.79 Å². The summed E-state index contributed by atoms with van der Waals surface area (Å²) in [6, 6.07) is -1.55. The number of rotatable bonds is 1. The average Bonchev–Trinajstić information content (AvgIpc) is 2.14. The molecule has 1 amide bonds. The van der Waals surface area contributed by atoms with Crippen molar-refractivity contribution in [1.29, 1.82) is 0 Å². The molecule has 0 radical (unpaired) electrons. The summed E-state index contributed by atoms with van der Waals surface area (Å²) in [5, 5.41) is 8.84. The number of halogens is 1. The molecule has 2 fully saturated rings. The molecule has 84 valence electrons. The summed E-state index contributed by atoms with van der Waals surface area (Å²) in [5.74, 6) is -0.919. The molecule has 2 aliphatic heterocycles. The Kier molecular flexibility index (Phi) is 2.40. The number of carbonyl (C=O) groups is 2. The van der Waals surface area contributed by atoms with Crippen LogP contribution in [0.25, 0.3) is 0 Å². The standard InChI is InChI=1S/C8H11ClN2O3S/c1-8(9)2-15-6-3(10)5(12)11(6)4(8)7(13)14/h3-4,6H,2,10H2,1H3,(H,13,14)/t3?,4?,6-,8?/m0/s1. The van der Waals surface area contributed by atoms with Crippen LogP contribution in [0.3, 0.4) is 0 Å². The maximum atomic E-state index is 11.5. The zero-order valence-corrected chi connectivity index (χ0v) is 9.59. The Morgan fingerprint density at radius 2 is 2.40 bits per heavy atom. The van der Waals surface area contributed by atoms with Crippen LogP contribution in [-0.2, 0) is 9.59 Å². The van der Waals surface area contributed by atoms with Crippen LogP contribution < -0.4 is 5.73 Å². The molecular formula is C8H11ClN2O3S. The summed E-state index contributed by atoms with van der Waals surface area (Å²) in [5.41, 5.74) is 5.58. The van der Waals surface area contributed by atoms with E-state index in [9.17, 15) is 9.59 Å². The number of nitrogens with zero attached hydrogens (tertiary/aromatic N) is 1. The van der Waals surface area contributed by atoms with E-state index in [2.05, 4.69) is 0 Å². The maximum Gasteiger partial charge on any atom is 0.328 e. The maximum absolute atomic E-state index is 11.5. The number of alkyl halides is 1. The first kappa shape index (κ1) is 11.0. The van der Waals surface area contributed by atoms with E-state index in [1.54, 1.807) is 6.92 Å². The van der Waals surface area contributed by atoms with Crippen LogP contribution in [0.1, 0.15) is 6.92 Å². The van der Waals surface area contributed by atoms with Gasteiger partial charge in [0.05, 0.1) is 4.87 Å². The van der Waals surface area contributed by atoms with Crippen molar-refractivity contribution in [3.8, 4) is 0 Å². The van der Waals surface area contributed by atoms with Gasteiger partial charge in [-0.2, -0.15) is 0 Å². The number of hydrogen-bond donors (Lipinski definition) is 2. The molecule has 0 aromatic rings. The molecule has 2 rings (SSSR count). The third kappa shape index (κ3) is 1.43. The normalized spacial score (nSPS) is 44.6. The Bertz CT molecular complexity index is 336. The van der Waals surface area contributed by atoms with Gasteiger partial charge in [0.1, 0.15) is 17.5 Å². The molecule has 2 aliphatic rings. The van der Waals surface area contributed by atoms with Gasteiger partial charge in [-0.1, -0.05) is 0 Å². The number of hydrogen-bond acceptors (Lipinski definition) is 4. The van der Waals surface area contributed by atoms with E-state index >= 15 is 0 Å². The van der Waals surface area contributed by atoms with Crippen molar-refractivity contribution in [1.82, 2.24) is 4.90 Å². The van der Waals surface area contributed by atoms with Gasteiger partial charge in [-0.15, -0.1) is 23.4 Å². The lowest BCUT2D eigenvalue weighted by molar-refractivity contribution is -0.161. The third-order valence-electron chi connectivity index (χ3n) is 2.74. The minimum Gasteiger partial charge on any atom is -0.480 e. The third-order valence-corrected chi connectivity index (χ3v) is 4.87. The van der Waals surface area contributed by atoms with Crippen molar-refractivity contribution in [2.75, 3.05) is 5.75 Å². The fraction of sp³-hybridized carbons (Fsp3) is 0.750. The molecule has 0 aliphatic carbocycles. The number of carboxylic acids is 1. The highest BCUT2D eigenvalue weighted by Gasteiger charge is 2.59. The molecule has 0 spiro atoms. The Morgan fingerprint density at radius 3 is 2.93 bits per heavy atom. The highest BCUT2D eigenvalue weighted by Crippen LogP contribution is 2.44. The zero-order chi connectivity index (χ0) is 11.4. The molecule has 15 heavy (non-hydrogen) atoms. The Labute approximate surface area is 95.9 Å². The monoisotopic (exact) mass is 250 g/mol. The first-order valence-electron chi connectivity index (χ1n) is 4.47. The summed E-state index contributed by atoms with van der Waals surface area (Å²) in [6.45, 7) is 1.63. The molecule has 3 unspecified atom stereocenters. The second-order valence-corrected chi connectivity index (χ2v) is 5.96. The van der Waals surface area contributed by atoms with E-state index in [0.29, 0.717) is 5.75 Å². The topological polar surface area (TPSA) is 83.6 Å². The molecule has 4 atom stereocenters. The van der Waals surface area contributed by atoms with Crippen molar-refractivity contribution in [3.05, 3.63) is 0 Å². The van der Waals surface area contributed by atoms with Gasteiger partial charge in [-0.3, -0.25) is 4.79 Å². The molecule has 7 heteroatoms. The SMILES string of the molecule is CC1(Cl)CS[C@H]2C(N)C(=O)N2C1C(=O)O. The van der Waals surface area contributed by atoms with Gasteiger partial charge in [0.25, 0.3) is 0 Å². The van der Waals surface area contributed by atoms with E-state index in [1.165, 1.54) is 16.7 Å². The first-order chi connectivity index (χ1) is 6.86. The van der Waals surface area contributed by atoms with Gasteiger partial charge in [0, 0.05) is 5.75 Å². The van der Waals surface area contributed by atoms with E-state index in [0.717, 1.165) is 0 Å². The smallest absolute Gasteiger partial charge is 0.328 e. The van der Waals surface area contributed by atoms with Gasteiger partial charge >= 0.3 is 5.97 Å². The molecule has 0 aromatic heterocycles. The second kappa shape index (κ2) is 3.26. The van der Waals surface area contributed by atoms with Gasteiger partial charge in [-0.05, 0) is 6.92 Å². The summed E-state index contributed by atoms with van der Waals surface area (Å²) < 4.78 is 0. The molecule has 0 aromatic carbocycles. The fourth-order valence-electron chi connectivity index (χ4n) is 1.96. The fourth-order valence-corrected chi connectivity index (χ4v) is 3.71. The Morgan fingerprint density at radius 1 is 1.80 bits per heavy atom. The van der Waals surface area contributed by atoms with Crippen LogP contribution >= 0.6 is 23.4 Å². The van der Waals surface area contributed by atoms with E-state index < -0.39 is 22.9 Å². The summed E-state index contributed by atoms with van der Waals surface area (Å²) in [6.07, 6.45) is 0. The summed E-state index contributed by atoms with van der Waals surface area (Å²) in [7, 11) is 0. The van der Waals surface area contributed by atoms with Gasteiger partial charge in [0.15, 0.2) is 0 Å². The number of carbonyl (C=O) groups excluding carboxylic acids is 1. The van der Waals surface area contributed by atoms with Crippen molar-refractivity contribution in [2.24, 2.45) is 5.73 Å². The number of fused-ring (bicyclic) bond motifs is 1. The van der Waals surface area contributed by atoms with Gasteiger partial charge in [0.2, 0.25) is 5.91 Å². The predicted molar refractivity (Wildman–Crippen MR) is 56.7 cm³/mol. The molecule has 2 saturated heterocycles. The minimum absolute atomic E-state index is 0.231. The quantitative estimate of drug-likeness (QED) is 0.492. The van der Waals surface area contributed by atoms with Crippen LogP contribution in [-0.4, -0.2) is 50.0 Å². The lowest BCUT2D eigenvalue weighted by Gasteiger charge is -2.54. The van der Waals surface area contributed by atoms with Gasteiger partial charge < -0.3 is 15.7 Å². The molecule has 5 nitrogen and oxygen atoms in total. The van der Waals surface area contributed by atoms with E-state index in [-0.39, 0.29) is 11.3 Å². The number of β-lactam (4-membered cyclic amide) rings is 1. The Balaban J connectivity index is 2.30. The van der Waals surface area contributed by atoms with Crippen molar-refractivity contribution < 1.29 is 14.7 Å². The highest BCUT2D eigenvalue weighted by molar-refractivity contribution is 8.00. The second-order valence-electron chi connectivity index (χ2n) is 3.99. The van der Waals surface area contributed by atoms with Crippen LogP contribution in [0, 0.1) is 0 Å². The first-order valence-corrected chi connectivity index (χ1v) is 5.90. The predicted octanol–water partition coefficient (Wildman–Crippen LogP) is -0.321. The molecule has 0 saturated carbocycles. The lowest BCUT2D eigenvalue weighted by atomic mass is 9.94. The number of thioether (sulfide) groups is 1. The van der Waals surface area contributed by atoms with Crippen molar-refractivity contribution >= 4 is 35.2 Å². The van der Waals surface area contributed by atoms with Crippen LogP contribution in [0.2, 0.25) is 0 Å². The number of carboxylic acid groups (broad SMARTS) is 1. The lowest BCUT2D eigenvalue weighted by Crippen LogP contribution is -2.76. The number of aliphatic carboxylic acids is 1. The molecule has 0 bridgehead atoms. The summed E-state index contributed by atoms with van der Waals surface area (Å²) in [4.78, 5) is 22.9. The summed E-state index contributed by atoms with van der Waals surface area (Å²) >= 11 is 7.54. The minimum atomic E-state index is -1.07. The van der Waals surface area contributed by atoms with Crippen LogP contribution in [0.5, 0.6) is 0 Å². The highest BCUT2D eigenvalue weighted by atomic mass is 35.5. The molecular weight excluding hydrogens is 240 g/mol. The van der Waals surface area contributed by atoms with E-state index in [1.807, 2.05) is 0 Å². The zero-order valence-electron chi connectivity index (χ0n) is 8.01. The van der Waals surface area contributed by atoms with Crippen LogP contribution in [0.15, 0.2) is 0 Å². The van der Waals surface area contributed by atoms with E-state index in [4.69, 9.17) is 22.4 Å².